The van der Waals surface area contributed by atoms with Gasteiger partial charge < -0.3 is 10.1 Å². The molecular weight excluding hydrogens is 656 g/mol. The summed E-state index contributed by atoms with van der Waals surface area (Å²) in [6.45, 7) is -1.20. The fourth-order valence-corrected chi connectivity index (χ4v) is 5.72. The lowest BCUT2D eigenvalue weighted by atomic mass is 10.2. The second-order valence-corrected chi connectivity index (χ2v) is 11.9. The molecule has 0 unspecified atom stereocenters. The summed E-state index contributed by atoms with van der Waals surface area (Å²) in [7, 11) is -4.53. The van der Waals surface area contributed by atoms with Crippen molar-refractivity contribution >= 4 is 62.6 Å². The minimum atomic E-state index is -4.79. The first-order valence-electron chi connectivity index (χ1n) is 12.9. The first-order valence-corrected chi connectivity index (χ1v) is 15.1. The van der Waals surface area contributed by atoms with Crippen LogP contribution in [0.3, 0.4) is 0 Å². The topological polar surface area (TPSA) is 117 Å². The van der Waals surface area contributed by atoms with Crippen LogP contribution in [0.1, 0.15) is 11.1 Å². The maximum Gasteiger partial charge on any atom is 0.416 e. The Morgan fingerprint density at radius 2 is 1.60 bits per heavy atom. The molecule has 0 aromatic heterocycles. The zero-order chi connectivity index (χ0) is 32.6. The quantitative estimate of drug-likeness (QED) is 0.141. The van der Waals surface area contributed by atoms with Gasteiger partial charge in [0.05, 0.1) is 27.4 Å². The molecule has 15 heteroatoms. The minimum Gasteiger partial charge on any atom is -0.484 e. The molecule has 2 N–H and O–H groups in total. The van der Waals surface area contributed by atoms with Gasteiger partial charge in [-0.25, -0.2) is 13.8 Å². The van der Waals surface area contributed by atoms with Crippen LogP contribution in [0.15, 0.2) is 107 Å². The minimum absolute atomic E-state index is 0.265. The molecule has 0 aliphatic heterocycles. The Balaban J connectivity index is 1.41. The Labute approximate surface area is 266 Å². The van der Waals surface area contributed by atoms with Crippen molar-refractivity contribution in [3.8, 4) is 5.75 Å². The van der Waals surface area contributed by atoms with Gasteiger partial charge in [-0.2, -0.15) is 18.3 Å². The van der Waals surface area contributed by atoms with Crippen molar-refractivity contribution in [1.29, 1.82) is 0 Å². The van der Waals surface area contributed by atoms with Crippen molar-refractivity contribution in [3.63, 3.8) is 0 Å². The summed E-state index contributed by atoms with van der Waals surface area (Å²) in [5.41, 5.74) is 1.50. The summed E-state index contributed by atoms with van der Waals surface area (Å²) in [6, 6.07) is 21.9. The second kappa shape index (κ2) is 14.5. The molecule has 0 aliphatic rings. The molecule has 0 atom stereocenters. The Hall–Kier alpha value is -4.59. The molecule has 4 rings (SSSR count). The molecule has 9 nitrogen and oxygen atoms in total. The molecule has 0 aliphatic carbocycles. The predicted octanol–water partition coefficient (Wildman–Crippen LogP) is 6.38. The average Bonchev–Trinajstić information content (AvgIpc) is 3.00. The molecule has 0 radical (unpaired) electrons. The van der Waals surface area contributed by atoms with Crippen molar-refractivity contribution in [1.82, 2.24) is 5.43 Å². The lowest BCUT2D eigenvalue weighted by Gasteiger charge is -2.25. The Kier molecular flexibility index (Phi) is 10.7. The molecule has 0 fully saturated rings. The van der Waals surface area contributed by atoms with E-state index in [4.69, 9.17) is 27.9 Å². The summed E-state index contributed by atoms with van der Waals surface area (Å²) >= 11 is 12.0. The third kappa shape index (κ3) is 9.20. The number of amides is 2. The number of sulfonamides is 1. The first kappa shape index (κ1) is 33.3. The van der Waals surface area contributed by atoms with E-state index in [2.05, 4.69) is 15.8 Å². The molecule has 0 heterocycles. The standard InChI is InChI=1S/C30H23Cl2F3N4O5S/c31-22-5-4-6-23(16-22)37-29(41)19-44-24-12-9-20(10-13-24)17-36-38-28(40)18-39(45(42,43)25-7-2-1-3-8-25)27-15-21(30(33,34)35)11-14-26(27)32/h1-17H,18-19H2,(H,37,41)(H,38,40)/b36-17+. The van der Waals surface area contributed by atoms with E-state index in [0.717, 1.165) is 6.07 Å². The summed E-state index contributed by atoms with van der Waals surface area (Å²) in [5.74, 6) is -0.984. The van der Waals surface area contributed by atoms with Gasteiger partial charge in [0.25, 0.3) is 21.8 Å². The molecule has 2 amide bonds. The zero-order valence-corrected chi connectivity index (χ0v) is 25.3. The maximum atomic E-state index is 13.4. The highest BCUT2D eigenvalue weighted by Crippen LogP contribution is 2.37. The lowest BCUT2D eigenvalue weighted by Crippen LogP contribution is -2.40. The van der Waals surface area contributed by atoms with Crippen molar-refractivity contribution in [2.75, 3.05) is 22.8 Å². The van der Waals surface area contributed by atoms with Gasteiger partial charge in [0.15, 0.2) is 6.61 Å². The molecule has 0 saturated carbocycles. The highest BCUT2D eigenvalue weighted by Gasteiger charge is 2.34. The SMILES string of the molecule is O=C(CN(c1cc(C(F)(F)F)ccc1Cl)S(=O)(=O)c1ccccc1)N/N=C/c1ccc(OCC(=O)Nc2cccc(Cl)c2)cc1. The van der Waals surface area contributed by atoms with E-state index >= 15 is 0 Å². The molecule has 234 valence electrons. The van der Waals surface area contributed by atoms with Crippen LogP contribution in [-0.4, -0.2) is 39.6 Å². The van der Waals surface area contributed by atoms with Gasteiger partial charge in [-0.3, -0.25) is 13.9 Å². The van der Waals surface area contributed by atoms with Crippen LogP contribution in [0.25, 0.3) is 0 Å². The van der Waals surface area contributed by atoms with Gasteiger partial charge in [0.2, 0.25) is 0 Å². The van der Waals surface area contributed by atoms with E-state index in [1.54, 1.807) is 54.6 Å². The summed E-state index contributed by atoms with van der Waals surface area (Å²) in [4.78, 5) is 24.6. The largest absolute Gasteiger partial charge is 0.484 e. The van der Waals surface area contributed by atoms with Crippen LogP contribution in [0.4, 0.5) is 24.5 Å². The van der Waals surface area contributed by atoms with Crippen molar-refractivity contribution in [2.45, 2.75) is 11.1 Å². The van der Waals surface area contributed by atoms with E-state index < -0.39 is 45.8 Å². The number of nitrogens with one attached hydrogen (secondary N) is 2. The maximum absolute atomic E-state index is 13.4. The van der Waals surface area contributed by atoms with Gasteiger partial charge in [-0.05, 0) is 78.4 Å². The summed E-state index contributed by atoms with van der Waals surface area (Å²) in [5, 5.41) is 6.61. The second-order valence-electron chi connectivity index (χ2n) is 9.20. The molecule has 0 spiro atoms. The molecule has 4 aromatic rings. The number of nitrogens with zero attached hydrogens (tertiary/aromatic N) is 2. The molecule has 0 saturated heterocycles. The number of benzene rings is 4. The van der Waals surface area contributed by atoms with Crippen LogP contribution in [0.5, 0.6) is 5.75 Å². The van der Waals surface area contributed by atoms with Crippen molar-refractivity contribution < 1.29 is 35.9 Å². The number of carbonyl (C=O) groups excluding carboxylic acids is 2. The van der Waals surface area contributed by atoms with Crippen LogP contribution in [-0.2, 0) is 25.8 Å². The number of hydrazone groups is 1. The lowest BCUT2D eigenvalue weighted by molar-refractivity contribution is -0.137. The fraction of sp³-hybridized carbons (Fsp3) is 0.100. The number of hydrogen-bond donors (Lipinski definition) is 2. The predicted molar refractivity (Wildman–Crippen MR) is 165 cm³/mol. The van der Waals surface area contributed by atoms with Gasteiger partial charge >= 0.3 is 6.18 Å². The number of anilines is 2. The third-order valence-electron chi connectivity index (χ3n) is 5.92. The Morgan fingerprint density at radius 3 is 2.27 bits per heavy atom. The average molecular weight is 680 g/mol. The highest BCUT2D eigenvalue weighted by molar-refractivity contribution is 7.92. The smallest absolute Gasteiger partial charge is 0.416 e. The number of rotatable bonds is 11. The van der Waals surface area contributed by atoms with Gasteiger partial charge in [-0.15, -0.1) is 0 Å². The number of ether oxygens (including phenoxy) is 1. The van der Waals surface area contributed by atoms with E-state index in [-0.39, 0.29) is 16.5 Å². The van der Waals surface area contributed by atoms with Crippen LogP contribution in [0.2, 0.25) is 10.0 Å². The zero-order valence-electron chi connectivity index (χ0n) is 23.0. The fourth-order valence-electron chi connectivity index (χ4n) is 3.81. The van der Waals surface area contributed by atoms with Crippen molar-refractivity contribution in [2.24, 2.45) is 5.10 Å². The molecule has 4 aromatic carbocycles. The van der Waals surface area contributed by atoms with E-state index in [1.807, 2.05) is 0 Å². The van der Waals surface area contributed by atoms with E-state index in [0.29, 0.717) is 38.5 Å². The first-order chi connectivity index (χ1) is 21.3. The van der Waals surface area contributed by atoms with Crippen LogP contribution >= 0.6 is 23.2 Å². The normalized spacial score (nSPS) is 11.7. The monoisotopic (exact) mass is 678 g/mol. The molecule has 0 bridgehead atoms. The van der Waals surface area contributed by atoms with E-state index in [1.165, 1.54) is 30.5 Å². The van der Waals surface area contributed by atoms with E-state index in [9.17, 15) is 31.2 Å². The molecule has 45 heavy (non-hydrogen) atoms. The number of alkyl halides is 3. The number of hydrogen-bond acceptors (Lipinski definition) is 6. The highest BCUT2D eigenvalue weighted by atomic mass is 35.5. The van der Waals surface area contributed by atoms with Gasteiger partial charge in [0.1, 0.15) is 12.3 Å². The summed E-state index contributed by atoms with van der Waals surface area (Å²) in [6.07, 6.45) is -3.54. The number of carbonyl (C=O) groups is 2. The van der Waals surface area contributed by atoms with Crippen LogP contribution < -0.4 is 19.8 Å². The Bertz CT molecular complexity index is 1810. The van der Waals surface area contributed by atoms with Gasteiger partial charge in [0, 0.05) is 10.7 Å². The van der Waals surface area contributed by atoms with Crippen LogP contribution in [0, 0.1) is 0 Å². The van der Waals surface area contributed by atoms with Gasteiger partial charge in [-0.1, -0.05) is 47.5 Å². The third-order valence-corrected chi connectivity index (χ3v) is 8.25. The summed E-state index contributed by atoms with van der Waals surface area (Å²) < 4.78 is 73.1. The molecular formula is C30H23Cl2F3N4O5S. The Morgan fingerprint density at radius 1 is 0.889 bits per heavy atom. The van der Waals surface area contributed by atoms with Crippen molar-refractivity contribution in [3.05, 3.63) is 118 Å². The number of halogens is 5.